The Morgan fingerprint density at radius 1 is 0.513 bits per heavy atom. The number of aliphatic hydroxyl groups is 5. The lowest BCUT2D eigenvalue weighted by Gasteiger charge is -2.41. The zero-order chi connectivity index (χ0) is 56.8. The Balaban J connectivity index is 2.75. The van der Waals surface area contributed by atoms with Gasteiger partial charge in [-0.15, -0.1) is 0 Å². The molecule has 1 aliphatic rings. The van der Waals surface area contributed by atoms with E-state index in [1.54, 1.807) is 6.08 Å². The van der Waals surface area contributed by atoms with Gasteiger partial charge in [0.25, 0.3) is 0 Å². The van der Waals surface area contributed by atoms with Gasteiger partial charge in [0.1, 0.15) is 24.4 Å². The summed E-state index contributed by atoms with van der Waals surface area (Å²) in [6.45, 7) is 5.58. The van der Waals surface area contributed by atoms with Crippen molar-refractivity contribution in [3.05, 3.63) is 122 Å². The van der Waals surface area contributed by atoms with Gasteiger partial charge in [0.15, 0.2) is 12.4 Å². The first kappa shape index (κ1) is 72.1. The summed E-state index contributed by atoms with van der Waals surface area (Å²) in [5.74, 6) is -1.31. The van der Waals surface area contributed by atoms with Crippen LogP contribution >= 0.6 is 0 Å². The van der Waals surface area contributed by atoms with E-state index in [1.165, 1.54) is 70.6 Å². The molecule has 0 aromatic rings. The second kappa shape index (κ2) is 53.7. The first-order valence-electron chi connectivity index (χ1n) is 30.8. The number of amides is 1. The van der Waals surface area contributed by atoms with Gasteiger partial charge >= 0.3 is 5.97 Å². The van der Waals surface area contributed by atoms with Crippen LogP contribution in [0.5, 0.6) is 0 Å². The van der Waals surface area contributed by atoms with Gasteiger partial charge in [0.2, 0.25) is 5.91 Å². The second-order valence-corrected chi connectivity index (χ2v) is 20.7. The lowest BCUT2D eigenvalue weighted by Crippen LogP contribution is -2.61. The van der Waals surface area contributed by atoms with Crippen molar-refractivity contribution in [1.82, 2.24) is 5.32 Å². The fourth-order valence-electron chi connectivity index (χ4n) is 8.74. The van der Waals surface area contributed by atoms with Crippen LogP contribution in [0, 0.1) is 0 Å². The third-order valence-corrected chi connectivity index (χ3v) is 13.6. The monoisotopic (exact) mass is 1090 g/mol. The Bertz CT molecular complexity index is 1730. The van der Waals surface area contributed by atoms with Gasteiger partial charge in [-0.25, -0.2) is 0 Å². The van der Waals surface area contributed by atoms with Crippen LogP contribution in [0.3, 0.4) is 0 Å². The number of allylic oxidation sites excluding steroid dienone is 19. The number of hydrogen-bond donors (Lipinski definition) is 6. The maximum atomic E-state index is 13.4. The molecule has 1 saturated heterocycles. The van der Waals surface area contributed by atoms with Gasteiger partial charge in [-0.2, -0.15) is 0 Å². The number of esters is 1. The van der Waals surface area contributed by atoms with E-state index in [2.05, 4.69) is 123 Å². The molecule has 0 aromatic carbocycles. The number of unbranched alkanes of at least 4 members (excludes halogenated alkanes) is 18. The van der Waals surface area contributed by atoms with Gasteiger partial charge < -0.3 is 45.1 Å². The van der Waals surface area contributed by atoms with Crippen molar-refractivity contribution in [1.29, 1.82) is 0 Å². The quantitative estimate of drug-likeness (QED) is 0.0195. The Labute approximate surface area is 474 Å². The van der Waals surface area contributed by atoms with E-state index in [-0.39, 0.29) is 19.4 Å². The molecule has 8 atom stereocenters. The average molecular weight is 1090 g/mol. The molecule has 1 aliphatic heterocycles. The van der Waals surface area contributed by atoms with Crippen molar-refractivity contribution in [3.8, 4) is 0 Å². The van der Waals surface area contributed by atoms with E-state index in [0.717, 1.165) is 103 Å². The molecule has 78 heavy (non-hydrogen) atoms. The van der Waals surface area contributed by atoms with E-state index in [1.807, 2.05) is 18.2 Å². The normalized spacial score (nSPS) is 19.8. The van der Waals surface area contributed by atoms with Crippen LogP contribution in [0.1, 0.15) is 226 Å². The largest absolute Gasteiger partial charge is 0.454 e. The topological polar surface area (TPSA) is 175 Å². The lowest BCUT2D eigenvalue weighted by molar-refractivity contribution is -0.305. The van der Waals surface area contributed by atoms with Crippen LogP contribution in [0.4, 0.5) is 0 Å². The highest BCUT2D eigenvalue weighted by Gasteiger charge is 2.47. The van der Waals surface area contributed by atoms with Crippen LogP contribution < -0.4 is 5.32 Å². The molecule has 0 bridgehead atoms. The third-order valence-electron chi connectivity index (χ3n) is 13.6. The van der Waals surface area contributed by atoms with E-state index in [4.69, 9.17) is 14.2 Å². The van der Waals surface area contributed by atoms with Crippen LogP contribution in [0.15, 0.2) is 122 Å². The Hall–Kier alpha value is -3.94. The van der Waals surface area contributed by atoms with Crippen LogP contribution in [-0.4, -0.2) is 99.6 Å². The van der Waals surface area contributed by atoms with E-state index < -0.39 is 67.4 Å². The van der Waals surface area contributed by atoms with Crippen LogP contribution in [0.25, 0.3) is 0 Å². The summed E-state index contributed by atoms with van der Waals surface area (Å²) in [6.07, 6.45) is 63.8. The molecule has 0 radical (unpaired) electrons. The number of hydrogen-bond acceptors (Lipinski definition) is 10. The van der Waals surface area contributed by atoms with Crippen molar-refractivity contribution in [2.45, 2.75) is 275 Å². The summed E-state index contributed by atoms with van der Waals surface area (Å²) in [5, 5.41) is 56.9. The van der Waals surface area contributed by atoms with E-state index in [9.17, 15) is 35.1 Å². The van der Waals surface area contributed by atoms with Crippen molar-refractivity contribution >= 4 is 11.9 Å². The van der Waals surface area contributed by atoms with Crippen molar-refractivity contribution in [2.75, 3.05) is 13.2 Å². The van der Waals surface area contributed by atoms with E-state index in [0.29, 0.717) is 19.3 Å². The summed E-state index contributed by atoms with van der Waals surface area (Å²) in [5.41, 5.74) is 0. The molecule has 11 heteroatoms. The molecule has 1 amide bonds. The Morgan fingerprint density at radius 3 is 1.41 bits per heavy atom. The molecule has 0 saturated carbocycles. The zero-order valence-corrected chi connectivity index (χ0v) is 49.0. The van der Waals surface area contributed by atoms with Gasteiger partial charge in [0, 0.05) is 6.42 Å². The predicted octanol–water partition coefficient (Wildman–Crippen LogP) is 14.7. The van der Waals surface area contributed by atoms with Gasteiger partial charge in [-0.1, -0.05) is 239 Å². The first-order valence-corrected chi connectivity index (χ1v) is 30.8. The molecule has 0 spiro atoms. The number of nitrogens with one attached hydrogen (secondary N) is 1. The Morgan fingerprint density at radius 2 is 0.923 bits per heavy atom. The standard InChI is InChI=1S/C67H111NO10/c1-4-7-10-13-16-19-22-25-27-29-31-33-35-37-40-43-46-49-52-55-62(72)78-65-64(74)63(73)61(56-69)77-67(65)76-57-58(59(70)53-50-47-44-41-38-24-21-18-15-12-9-6-3)68-66(75)60(71)54-51-48-45-42-39-36-34-32-30-28-26-23-20-17-14-11-8-5-2/h7,10,16-17,19-20,25-28,31-34,37,40,46,49-50,53,58-61,63-65,67,69-71,73-74H,4-6,8-9,11-15,18,21-24,29-30,35-36,38-39,41-45,47-48,51-52,54-57H2,1-3H3,(H,68,75)/b10-7-,19-16-,20-17-,27-25-,28-26-,33-31-,34-32-,40-37-,49-46-,53-50+. The van der Waals surface area contributed by atoms with Gasteiger partial charge in [0.05, 0.1) is 25.4 Å². The summed E-state index contributed by atoms with van der Waals surface area (Å²) in [4.78, 5) is 26.5. The predicted molar refractivity (Wildman–Crippen MR) is 324 cm³/mol. The maximum absolute atomic E-state index is 13.4. The summed E-state index contributed by atoms with van der Waals surface area (Å²) in [7, 11) is 0. The SMILES string of the molecule is CC/C=C\C/C=C\C/C=C\C/C=C\C/C=C\C/C=C\CCC(=O)OC1C(OCC(NC(=O)C(O)CCCCCCC/C=C\C/C=C\C/C=C\CCCCC)C(O)/C=C/CCCCCCCCCCCC)OC(CO)C(O)C1O. The number of carbonyl (C=O) groups excluding carboxylic acids is 2. The molecule has 0 aliphatic carbocycles. The third kappa shape index (κ3) is 41.1. The molecule has 1 fully saturated rings. The molecule has 11 nitrogen and oxygen atoms in total. The van der Waals surface area contributed by atoms with Crippen LogP contribution in [-0.2, 0) is 23.8 Å². The van der Waals surface area contributed by atoms with Crippen molar-refractivity contribution in [2.24, 2.45) is 0 Å². The molecular formula is C67H111NO10. The summed E-state index contributed by atoms with van der Waals surface area (Å²) in [6, 6.07) is -1.05. The number of ether oxygens (including phenoxy) is 3. The minimum atomic E-state index is -1.65. The van der Waals surface area contributed by atoms with Crippen LogP contribution in [0.2, 0.25) is 0 Å². The maximum Gasteiger partial charge on any atom is 0.306 e. The van der Waals surface area contributed by atoms with Gasteiger partial charge in [-0.3, -0.25) is 9.59 Å². The minimum Gasteiger partial charge on any atom is -0.454 e. The minimum absolute atomic E-state index is 0.00989. The average Bonchev–Trinajstić information content (AvgIpc) is 3.45. The number of rotatable bonds is 50. The zero-order valence-electron chi connectivity index (χ0n) is 49.0. The first-order chi connectivity index (χ1) is 38.2. The molecule has 1 rings (SSSR count). The van der Waals surface area contributed by atoms with Gasteiger partial charge in [-0.05, 0) is 103 Å². The molecule has 0 aromatic heterocycles. The second-order valence-electron chi connectivity index (χ2n) is 20.7. The Kier molecular flexibility index (Phi) is 49.6. The molecule has 444 valence electrons. The summed E-state index contributed by atoms with van der Waals surface area (Å²) < 4.78 is 17.5. The number of carbonyl (C=O) groups is 2. The highest BCUT2D eigenvalue weighted by atomic mass is 16.7. The number of aliphatic hydroxyl groups excluding tert-OH is 5. The fraction of sp³-hybridized carbons (Fsp3) is 0.672. The summed E-state index contributed by atoms with van der Waals surface area (Å²) >= 11 is 0. The molecule has 1 heterocycles. The molecule has 8 unspecified atom stereocenters. The van der Waals surface area contributed by atoms with E-state index >= 15 is 0 Å². The van der Waals surface area contributed by atoms with Crippen molar-refractivity contribution in [3.63, 3.8) is 0 Å². The van der Waals surface area contributed by atoms with Crippen molar-refractivity contribution < 1.29 is 49.3 Å². The highest BCUT2D eigenvalue weighted by molar-refractivity contribution is 5.80. The molecular weight excluding hydrogens is 979 g/mol. The highest BCUT2D eigenvalue weighted by Crippen LogP contribution is 2.26. The lowest BCUT2D eigenvalue weighted by atomic mass is 9.99. The molecule has 6 N–H and O–H groups in total. The smallest absolute Gasteiger partial charge is 0.306 e. The fourth-order valence-corrected chi connectivity index (χ4v) is 8.74.